The molecule has 0 spiro atoms. The number of nitrogens with zero attached hydrogens (tertiary/aromatic N) is 3. The molecular weight excluding hydrogens is 250 g/mol. The molecule has 1 aliphatic heterocycles. The lowest BCUT2D eigenvalue weighted by atomic mass is 10.2. The van der Waals surface area contributed by atoms with Crippen LogP contribution < -0.4 is 4.90 Å². The predicted molar refractivity (Wildman–Crippen MR) is 77.0 cm³/mol. The predicted octanol–water partition coefficient (Wildman–Crippen LogP) is 2.54. The molecule has 4 heteroatoms. The zero-order valence-corrected chi connectivity index (χ0v) is 10.9. The number of rotatable bonds is 1. The van der Waals surface area contributed by atoms with Gasteiger partial charge < -0.3 is 9.30 Å². The molecule has 4 nitrogen and oxygen atoms in total. The Morgan fingerprint density at radius 3 is 2.85 bits per heavy atom. The number of hydrogen-bond donors (Lipinski definition) is 0. The Labute approximate surface area is 116 Å². The Morgan fingerprint density at radius 2 is 1.95 bits per heavy atom. The number of aromatic nitrogens is 2. The third kappa shape index (κ3) is 1.61. The molecule has 0 fully saturated rings. The summed E-state index contributed by atoms with van der Waals surface area (Å²) in [6, 6.07) is 13.8. The van der Waals surface area contributed by atoms with Crippen molar-refractivity contribution in [3.63, 3.8) is 0 Å². The molecule has 2 aromatic heterocycles. The zero-order valence-electron chi connectivity index (χ0n) is 10.9. The van der Waals surface area contributed by atoms with Crippen molar-refractivity contribution in [2.24, 2.45) is 0 Å². The molecule has 0 saturated carbocycles. The molecule has 0 saturated heterocycles. The van der Waals surface area contributed by atoms with Gasteiger partial charge in [-0.25, -0.2) is 4.98 Å². The minimum atomic E-state index is -0.0290. The molecule has 1 amide bonds. The number of amides is 1. The van der Waals surface area contributed by atoms with Crippen LogP contribution in [0.1, 0.15) is 16.1 Å². The molecule has 0 aliphatic carbocycles. The van der Waals surface area contributed by atoms with Gasteiger partial charge in [-0.3, -0.25) is 4.79 Å². The number of pyridine rings is 1. The van der Waals surface area contributed by atoms with Crippen LogP contribution in [-0.4, -0.2) is 21.8 Å². The van der Waals surface area contributed by atoms with E-state index in [9.17, 15) is 4.79 Å². The van der Waals surface area contributed by atoms with Gasteiger partial charge in [-0.2, -0.15) is 0 Å². The summed E-state index contributed by atoms with van der Waals surface area (Å²) in [4.78, 5) is 18.8. The van der Waals surface area contributed by atoms with E-state index in [4.69, 9.17) is 0 Å². The Hall–Kier alpha value is -2.62. The van der Waals surface area contributed by atoms with E-state index in [0.717, 1.165) is 24.3 Å². The van der Waals surface area contributed by atoms with Crippen LogP contribution >= 0.6 is 0 Å². The number of anilines is 1. The fourth-order valence-corrected chi connectivity index (χ4v) is 2.73. The summed E-state index contributed by atoms with van der Waals surface area (Å²) in [5.74, 6) is -0.0290. The molecule has 3 heterocycles. The first-order chi connectivity index (χ1) is 9.83. The maximum absolute atomic E-state index is 12.6. The van der Waals surface area contributed by atoms with Gasteiger partial charge in [0, 0.05) is 24.6 Å². The van der Waals surface area contributed by atoms with E-state index < -0.39 is 0 Å². The average molecular weight is 263 g/mol. The van der Waals surface area contributed by atoms with Gasteiger partial charge in [-0.1, -0.05) is 24.3 Å². The van der Waals surface area contributed by atoms with Crippen LogP contribution in [0.2, 0.25) is 0 Å². The van der Waals surface area contributed by atoms with E-state index in [-0.39, 0.29) is 5.91 Å². The molecule has 4 rings (SSSR count). The van der Waals surface area contributed by atoms with E-state index in [1.165, 1.54) is 5.56 Å². The molecule has 0 radical (unpaired) electrons. The van der Waals surface area contributed by atoms with E-state index in [1.807, 2.05) is 51.9 Å². The van der Waals surface area contributed by atoms with Gasteiger partial charge in [0.05, 0.1) is 0 Å². The fraction of sp³-hybridized carbons (Fsp3) is 0.125. The minimum Gasteiger partial charge on any atom is -0.306 e. The number of imidazole rings is 1. The second-order valence-corrected chi connectivity index (χ2v) is 4.93. The Bertz CT molecular complexity index is 773. The highest BCUT2D eigenvalue weighted by Crippen LogP contribution is 2.28. The van der Waals surface area contributed by atoms with Crippen molar-refractivity contribution >= 4 is 17.2 Å². The second-order valence-electron chi connectivity index (χ2n) is 4.93. The molecule has 1 aromatic carbocycles. The zero-order chi connectivity index (χ0) is 13.5. The number of para-hydroxylation sites is 1. The van der Waals surface area contributed by atoms with Crippen molar-refractivity contribution in [2.75, 3.05) is 11.4 Å². The lowest BCUT2D eigenvalue weighted by Gasteiger charge is -2.15. The van der Waals surface area contributed by atoms with Gasteiger partial charge in [0.15, 0.2) is 0 Å². The number of hydrogen-bond acceptors (Lipinski definition) is 2. The van der Waals surface area contributed by atoms with Gasteiger partial charge in [-0.15, -0.1) is 0 Å². The first-order valence-corrected chi connectivity index (χ1v) is 6.66. The number of fused-ring (bicyclic) bond motifs is 2. The van der Waals surface area contributed by atoms with Crippen molar-refractivity contribution in [1.29, 1.82) is 0 Å². The molecule has 0 bridgehead atoms. The molecule has 3 aromatic rings. The normalized spacial score (nSPS) is 13.7. The highest BCUT2D eigenvalue weighted by Gasteiger charge is 2.26. The van der Waals surface area contributed by atoms with Crippen LogP contribution in [-0.2, 0) is 6.42 Å². The largest absolute Gasteiger partial charge is 0.306 e. The number of carbonyl (C=O) groups is 1. The number of benzene rings is 1. The van der Waals surface area contributed by atoms with Crippen molar-refractivity contribution in [3.8, 4) is 0 Å². The van der Waals surface area contributed by atoms with Crippen LogP contribution in [0.4, 0.5) is 5.69 Å². The van der Waals surface area contributed by atoms with Crippen molar-refractivity contribution < 1.29 is 4.79 Å². The standard InChI is InChI=1S/C16H13N3O/c20-16(13-11-18-9-4-3-7-15(18)17-13)19-10-8-12-5-1-2-6-14(12)19/h1-7,9,11H,8,10H2. The molecule has 1 aliphatic rings. The van der Waals surface area contributed by atoms with Gasteiger partial charge in [0.25, 0.3) is 5.91 Å². The van der Waals surface area contributed by atoms with Crippen LogP contribution in [0.5, 0.6) is 0 Å². The average Bonchev–Trinajstić information content (AvgIpc) is 3.10. The topological polar surface area (TPSA) is 37.6 Å². The number of carbonyl (C=O) groups excluding carboxylic acids is 1. The van der Waals surface area contributed by atoms with Crippen molar-refractivity contribution in [3.05, 3.63) is 66.1 Å². The molecular formula is C16H13N3O. The van der Waals surface area contributed by atoms with Gasteiger partial charge in [0.1, 0.15) is 11.3 Å². The minimum absolute atomic E-state index is 0.0290. The maximum atomic E-state index is 12.6. The lowest BCUT2D eigenvalue weighted by Crippen LogP contribution is -2.29. The Kier molecular flexibility index (Phi) is 2.36. The highest BCUT2D eigenvalue weighted by molar-refractivity contribution is 6.06. The summed E-state index contributed by atoms with van der Waals surface area (Å²) < 4.78 is 1.87. The first kappa shape index (κ1) is 11.2. The molecule has 98 valence electrons. The van der Waals surface area contributed by atoms with Crippen LogP contribution in [0.15, 0.2) is 54.9 Å². The fourth-order valence-electron chi connectivity index (χ4n) is 2.73. The summed E-state index contributed by atoms with van der Waals surface area (Å²) in [7, 11) is 0. The van der Waals surface area contributed by atoms with Gasteiger partial charge in [0.2, 0.25) is 0 Å². The van der Waals surface area contributed by atoms with Gasteiger partial charge >= 0.3 is 0 Å². The summed E-state index contributed by atoms with van der Waals surface area (Å²) in [5, 5.41) is 0. The van der Waals surface area contributed by atoms with E-state index in [1.54, 1.807) is 6.20 Å². The van der Waals surface area contributed by atoms with E-state index in [0.29, 0.717) is 5.69 Å². The van der Waals surface area contributed by atoms with Crippen LogP contribution in [0, 0.1) is 0 Å². The van der Waals surface area contributed by atoms with Gasteiger partial charge in [-0.05, 0) is 30.2 Å². The van der Waals surface area contributed by atoms with Crippen LogP contribution in [0.25, 0.3) is 5.65 Å². The summed E-state index contributed by atoms with van der Waals surface area (Å²) in [6.45, 7) is 0.728. The molecule has 0 N–H and O–H groups in total. The van der Waals surface area contributed by atoms with E-state index in [2.05, 4.69) is 11.1 Å². The second kappa shape index (κ2) is 4.20. The first-order valence-electron chi connectivity index (χ1n) is 6.66. The maximum Gasteiger partial charge on any atom is 0.278 e. The third-order valence-corrected chi connectivity index (χ3v) is 3.72. The summed E-state index contributed by atoms with van der Waals surface area (Å²) >= 11 is 0. The van der Waals surface area contributed by atoms with Crippen LogP contribution in [0.3, 0.4) is 0 Å². The quantitative estimate of drug-likeness (QED) is 0.676. The molecule has 0 atom stereocenters. The Balaban J connectivity index is 1.74. The molecule has 20 heavy (non-hydrogen) atoms. The molecule has 0 unspecified atom stereocenters. The lowest BCUT2D eigenvalue weighted by molar-refractivity contribution is 0.0985. The highest BCUT2D eigenvalue weighted by atomic mass is 16.2. The monoisotopic (exact) mass is 263 g/mol. The smallest absolute Gasteiger partial charge is 0.278 e. The van der Waals surface area contributed by atoms with E-state index >= 15 is 0 Å². The summed E-state index contributed by atoms with van der Waals surface area (Å²) in [6.07, 6.45) is 4.60. The third-order valence-electron chi connectivity index (χ3n) is 3.72. The summed E-state index contributed by atoms with van der Waals surface area (Å²) in [5.41, 5.74) is 3.52. The van der Waals surface area contributed by atoms with Crippen molar-refractivity contribution in [1.82, 2.24) is 9.38 Å². The van der Waals surface area contributed by atoms with Crippen molar-refractivity contribution in [2.45, 2.75) is 6.42 Å². The SMILES string of the molecule is O=C(c1cn2ccccc2n1)N1CCc2ccccc21. The Morgan fingerprint density at radius 1 is 1.10 bits per heavy atom.